The molecule has 2 aromatic rings. The molecule has 1 aliphatic rings. The van der Waals surface area contributed by atoms with Gasteiger partial charge in [-0.3, -0.25) is 9.69 Å². The predicted octanol–water partition coefficient (Wildman–Crippen LogP) is 4.26. The smallest absolute Gasteiger partial charge is 0.324 e. The number of carbonyl (C=O) groups excluding carboxylic acids is 1. The van der Waals surface area contributed by atoms with Gasteiger partial charge in [0, 0.05) is 12.6 Å². The van der Waals surface area contributed by atoms with E-state index in [1.54, 1.807) is 0 Å². The van der Waals surface area contributed by atoms with Gasteiger partial charge in [0.25, 0.3) is 0 Å². The maximum absolute atomic E-state index is 13.0. The molecule has 1 unspecified atom stereocenters. The largest absolute Gasteiger partial charge is 0.418 e. The van der Waals surface area contributed by atoms with E-state index in [2.05, 4.69) is 11.4 Å². The van der Waals surface area contributed by atoms with Crippen molar-refractivity contribution in [2.45, 2.75) is 25.6 Å². The van der Waals surface area contributed by atoms with E-state index in [9.17, 15) is 18.0 Å². The highest BCUT2D eigenvalue weighted by atomic mass is 19.4. The second-order valence-corrected chi connectivity index (χ2v) is 6.19. The van der Waals surface area contributed by atoms with E-state index in [1.165, 1.54) is 23.8 Å². The Labute approximate surface area is 144 Å². The van der Waals surface area contributed by atoms with Crippen molar-refractivity contribution in [1.29, 1.82) is 0 Å². The second-order valence-electron chi connectivity index (χ2n) is 6.19. The molecule has 1 aliphatic heterocycles. The van der Waals surface area contributed by atoms with Crippen molar-refractivity contribution in [3.8, 4) is 0 Å². The average molecular weight is 348 g/mol. The van der Waals surface area contributed by atoms with Crippen LogP contribution in [0, 0.1) is 0 Å². The van der Waals surface area contributed by atoms with Crippen LogP contribution in [0.5, 0.6) is 0 Å². The van der Waals surface area contributed by atoms with Crippen LogP contribution in [-0.4, -0.2) is 23.9 Å². The number of anilines is 1. The predicted molar refractivity (Wildman–Crippen MR) is 90.2 cm³/mol. The number of para-hydroxylation sites is 1. The van der Waals surface area contributed by atoms with Gasteiger partial charge in [-0.05, 0) is 36.6 Å². The summed E-state index contributed by atoms with van der Waals surface area (Å²) in [6.07, 6.45) is -3.67. The number of hydrogen-bond acceptors (Lipinski definition) is 2. The van der Waals surface area contributed by atoms with Crippen LogP contribution in [0.25, 0.3) is 0 Å². The maximum Gasteiger partial charge on any atom is 0.418 e. The SMILES string of the molecule is CC1c2ccccc2CCN1CC(=O)Nc1ccccc1C(F)(F)F. The van der Waals surface area contributed by atoms with Crippen LogP contribution in [0.4, 0.5) is 18.9 Å². The van der Waals surface area contributed by atoms with E-state index < -0.39 is 17.6 Å². The Kier molecular flexibility index (Phi) is 4.81. The highest BCUT2D eigenvalue weighted by Crippen LogP contribution is 2.34. The van der Waals surface area contributed by atoms with Gasteiger partial charge in [-0.25, -0.2) is 0 Å². The average Bonchev–Trinajstić information content (AvgIpc) is 2.57. The van der Waals surface area contributed by atoms with Crippen LogP contribution in [0.3, 0.4) is 0 Å². The van der Waals surface area contributed by atoms with Crippen molar-refractivity contribution in [2.24, 2.45) is 0 Å². The van der Waals surface area contributed by atoms with E-state index in [-0.39, 0.29) is 18.3 Å². The summed E-state index contributed by atoms with van der Waals surface area (Å²) >= 11 is 0. The molecule has 3 nitrogen and oxygen atoms in total. The quantitative estimate of drug-likeness (QED) is 0.899. The van der Waals surface area contributed by atoms with Crippen LogP contribution in [0.1, 0.15) is 29.7 Å². The topological polar surface area (TPSA) is 32.3 Å². The fourth-order valence-electron chi connectivity index (χ4n) is 3.25. The minimum Gasteiger partial charge on any atom is -0.324 e. The van der Waals surface area contributed by atoms with E-state index in [0.717, 1.165) is 18.1 Å². The molecule has 2 aromatic carbocycles. The van der Waals surface area contributed by atoms with Gasteiger partial charge >= 0.3 is 6.18 Å². The number of rotatable bonds is 3. The van der Waals surface area contributed by atoms with Gasteiger partial charge in [-0.1, -0.05) is 36.4 Å². The van der Waals surface area contributed by atoms with Crippen molar-refractivity contribution < 1.29 is 18.0 Å². The normalized spacial score (nSPS) is 17.8. The number of alkyl halides is 3. The number of carbonyl (C=O) groups is 1. The Morgan fingerprint density at radius 1 is 1.16 bits per heavy atom. The Balaban J connectivity index is 1.70. The number of benzene rings is 2. The molecule has 1 N–H and O–H groups in total. The summed E-state index contributed by atoms with van der Waals surface area (Å²) in [6.45, 7) is 2.77. The molecule has 0 spiro atoms. The number of nitrogens with zero attached hydrogens (tertiary/aromatic N) is 1. The molecule has 25 heavy (non-hydrogen) atoms. The summed E-state index contributed by atoms with van der Waals surface area (Å²) < 4.78 is 39.1. The third kappa shape index (κ3) is 3.85. The Morgan fingerprint density at radius 2 is 1.84 bits per heavy atom. The van der Waals surface area contributed by atoms with Crippen LogP contribution >= 0.6 is 0 Å². The molecule has 132 valence electrons. The molecule has 0 saturated heterocycles. The molecular formula is C19H19F3N2O. The summed E-state index contributed by atoms with van der Waals surface area (Å²) in [6, 6.07) is 13.1. The molecule has 0 saturated carbocycles. The van der Waals surface area contributed by atoms with Gasteiger partial charge in [0.2, 0.25) is 5.91 Å². The van der Waals surface area contributed by atoms with Crippen molar-refractivity contribution in [3.63, 3.8) is 0 Å². The highest BCUT2D eigenvalue weighted by molar-refractivity contribution is 5.93. The lowest BCUT2D eigenvalue weighted by atomic mass is 9.94. The zero-order chi connectivity index (χ0) is 18.0. The third-order valence-electron chi connectivity index (χ3n) is 4.57. The molecule has 6 heteroatoms. The van der Waals surface area contributed by atoms with Crippen molar-refractivity contribution in [2.75, 3.05) is 18.4 Å². The zero-order valence-electron chi connectivity index (χ0n) is 13.8. The zero-order valence-corrected chi connectivity index (χ0v) is 13.8. The molecule has 0 aromatic heterocycles. The first-order valence-corrected chi connectivity index (χ1v) is 8.14. The molecule has 1 amide bonds. The van der Waals surface area contributed by atoms with Crippen molar-refractivity contribution in [1.82, 2.24) is 4.90 Å². The lowest BCUT2D eigenvalue weighted by Crippen LogP contribution is -2.39. The number of hydrogen-bond donors (Lipinski definition) is 1. The Bertz CT molecular complexity index is 773. The van der Waals surface area contributed by atoms with Crippen molar-refractivity contribution >= 4 is 11.6 Å². The summed E-state index contributed by atoms with van der Waals surface area (Å²) in [5.41, 5.74) is 1.39. The molecule has 0 fully saturated rings. The van der Waals surface area contributed by atoms with E-state index >= 15 is 0 Å². The Morgan fingerprint density at radius 3 is 2.60 bits per heavy atom. The molecule has 0 aliphatic carbocycles. The monoisotopic (exact) mass is 348 g/mol. The number of fused-ring (bicyclic) bond motifs is 1. The highest BCUT2D eigenvalue weighted by Gasteiger charge is 2.34. The fraction of sp³-hybridized carbons (Fsp3) is 0.316. The van der Waals surface area contributed by atoms with E-state index in [0.29, 0.717) is 6.54 Å². The number of amides is 1. The maximum atomic E-state index is 13.0. The minimum atomic E-state index is -4.50. The third-order valence-corrected chi connectivity index (χ3v) is 4.57. The van der Waals surface area contributed by atoms with Gasteiger partial charge in [-0.2, -0.15) is 13.2 Å². The summed E-state index contributed by atoms with van der Waals surface area (Å²) in [4.78, 5) is 14.3. The summed E-state index contributed by atoms with van der Waals surface area (Å²) in [5, 5.41) is 2.41. The van der Waals surface area contributed by atoms with Gasteiger partial charge in [0.05, 0.1) is 17.8 Å². The lowest BCUT2D eigenvalue weighted by molar-refractivity contribution is -0.137. The molecule has 0 radical (unpaired) electrons. The lowest BCUT2D eigenvalue weighted by Gasteiger charge is -2.34. The van der Waals surface area contributed by atoms with E-state index in [1.807, 2.05) is 30.0 Å². The van der Waals surface area contributed by atoms with Crippen LogP contribution in [-0.2, 0) is 17.4 Å². The second kappa shape index (κ2) is 6.88. The first-order valence-electron chi connectivity index (χ1n) is 8.14. The molecule has 1 heterocycles. The molecule has 3 rings (SSSR count). The van der Waals surface area contributed by atoms with Gasteiger partial charge in [-0.15, -0.1) is 0 Å². The van der Waals surface area contributed by atoms with Gasteiger partial charge in [0.15, 0.2) is 0 Å². The van der Waals surface area contributed by atoms with Crippen LogP contribution in [0.2, 0.25) is 0 Å². The first kappa shape index (κ1) is 17.5. The molecule has 1 atom stereocenters. The van der Waals surface area contributed by atoms with Gasteiger partial charge in [0.1, 0.15) is 0 Å². The number of halogens is 3. The summed E-state index contributed by atoms with van der Waals surface area (Å²) in [5.74, 6) is -0.442. The molecular weight excluding hydrogens is 329 g/mol. The van der Waals surface area contributed by atoms with Crippen LogP contribution < -0.4 is 5.32 Å². The first-order chi connectivity index (χ1) is 11.9. The van der Waals surface area contributed by atoms with Crippen LogP contribution in [0.15, 0.2) is 48.5 Å². The number of nitrogens with one attached hydrogen (secondary N) is 1. The standard InChI is InChI=1S/C19H19F3N2O/c1-13-15-7-3-2-6-14(15)10-11-24(13)12-18(25)23-17-9-5-4-8-16(17)19(20,21)22/h2-9,13H,10-12H2,1H3,(H,23,25). The minimum absolute atomic E-state index is 0.0496. The van der Waals surface area contributed by atoms with Gasteiger partial charge < -0.3 is 5.32 Å². The van der Waals surface area contributed by atoms with Crippen molar-refractivity contribution in [3.05, 3.63) is 65.2 Å². The molecule has 0 bridgehead atoms. The van der Waals surface area contributed by atoms with E-state index in [4.69, 9.17) is 0 Å². The summed E-state index contributed by atoms with van der Waals surface area (Å²) in [7, 11) is 0. The Hall–Kier alpha value is -2.34. The fourth-order valence-corrected chi connectivity index (χ4v) is 3.25.